The zero-order valence-electron chi connectivity index (χ0n) is 15.7. The number of amides is 4. The maximum atomic E-state index is 12.4. The SMILES string of the molecule is CN(CC(=O)NCCN1C(=O)S/C(=C\c2ccccc2)C1=O)C(=O)c1ccco1. The normalized spacial score (nSPS) is 15.1. The lowest BCUT2D eigenvalue weighted by Gasteiger charge is -2.16. The third kappa shape index (κ3) is 5.14. The zero-order valence-corrected chi connectivity index (χ0v) is 16.5. The van der Waals surface area contributed by atoms with Gasteiger partial charge in [-0.1, -0.05) is 30.3 Å². The molecule has 9 heteroatoms. The van der Waals surface area contributed by atoms with Crippen molar-refractivity contribution in [2.24, 2.45) is 0 Å². The van der Waals surface area contributed by atoms with Crippen molar-refractivity contribution in [2.45, 2.75) is 0 Å². The van der Waals surface area contributed by atoms with Gasteiger partial charge in [0, 0.05) is 20.1 Å². The van der Waals surface area contributed by atoms with Gasteiger partial charge in [-0.25, -0.2) is 0 Å². The standard InChI is InChI=1S/C20H19N3O5S/c1-22(18(25)15-8-5-11-28-15)13-17(24)21-9-10-23-19(26)16(29-20(23)27)12-14-6-3-2-4-7-14/h2-8,11-12H,9-10,13H2,1H3,(H,21,24)/b16-12-. The summed E-state index contributed by atoms with van der Waals surface area (Å²) in [6, 6.07) is 12.3. The van der Waals surface area contributed by atoms with Gasteiger partial charge in [0.1, 0.15) is 0 Å². The van der Waals surface area contributed by atoms with E-state index in [9.17, 15) is 19.2 Å². The Hall–Kier alpha value is -3.33. The van der Waals surface area contributed by atoms with Gasteiger partial charge in [0.05, 0.1) is 17.7 Å². The minimum absolute atomic E-state index is 0.0539. The van der Waals surface area contributed by atoms with Crippen LogP contribution in [0, 0.1) is 0 Å². The molecule has 1 fully saturated rings. The minimum atomic E-state index is -0.415. The summed E-state index contributed by atoms with van der Waals surface area (Å²) in [6.07, 6.45) is 3.04. The molecule has 1 saturated heterocycles. The van der Waals surface area contributed by atoms with E-state index in [1.165, 1.54) is 24.3 Å². The highest BCUT2D eigenvalue weighted by Crippen LogP contribution is 2.31. The number of benzene rings is 1. The molecule has 0 aliphatic carbocycles. The van der Waals surface area contributed by atoms with Gasteiger partial charge in [-0.3, -0.25) is 24.1 Å². The van der Waals surface area contributed by atoms with Crippen LogP contribution in [0.4, 0.5) is 4.79 Å². The molecular formula is C20H19N3O5S. The number of rotatable bonds is 7. The molecule has 1 aliphatic heterocycles. The molecule has 0 atom stereocenters. The number of likely N-dealkylation sites (N-methyl/N-ethyl adjacent to an activating group) is 1. The van der Waals surface area contributed by atoms with Crippen molar-refractivity contribution in [3.63, 3.8) is 0 Å². The first-order valence-electron chi connectivity index (χ1n) is 8.82. The molecule has 0 bridgehead atoms. The molecule has 1 aliphatic rings. The molecule has 0 saturated carbocycles. The Morgan fingerprint density at radius 3 is 2.62 bits per heavy atom. The lowest BCUT2D eigenvalue weighted by Crippen LogP contribution is -2.42. The molecule has 4 amide bonds. The summed E-state index contributed by atoms with van der Waals surface area (Å²) in [5.41, 5.74) is 0.829. The Kier molecular flexibility index (Phi) is 6.50. The predicted octanol–water partition coefficient (Wildman–Crippen LogP) is 2.20. The van der Waals surface area contributed by atoms with Crippen molar-refractivity contribution in [3.8, 4) is 0 Å². The monoisotopic (exact) mass is 413 g/mol. The fourth-order valence-corrected chi connectivity index (χ4v) is 3.50. The molecular weight excluding hydrogens is 394 g/mol. The zero-order chi connectivity index (χ0) is 20.8. The van der Waals surface area contributed by atoms with E-state index in [-0.39, 0.29) is 36.5 Å². The first-order chi connectivity index (χ1) is 14.0. The highest BCUT2D eigenvalue weighted by atomic mass is 32.2. The Bertz CT molecular complexity index is 940. The molecule has 0 spiro atoms. The quantitative estimate of drug-likeness (QED) is 0.699. The number of thioether (sulfide) groups is 1. The van der Waals surface area contributed by atoms with Gasteiger partial charge in [0.25, 0.3) is 17.1 Å². The van der Waals surface area contributed by atoms with Gasteiger partial charge < -0.3 is 14.6 Å². The van der Waals surface area contributed by atoms with Crippen LogP contribution in [0.3, 0.4) is 0 Å². The highest BCUT2D eigenvalue weighted by molar-refractivity contribution is 8.18. The van der Waals surface area contributed by atoms with Crippen molar-refractivity contribution in [1.82, 2.24) is 15.1 Å². The largest absolute Gasteiger partial charge is 0.459 e. The van der Waals surface area contributed by atoms with Crippen molar-refractivity contribution < 1.29 is 23.6 Å². The van der Waals surface area contributed by atoms with Crippen LogP contribution in [0.5, 0.6) is 0 Å². The second kappa shape index (κ2) is 9.24. The van der Waals surface area contributed by atoms with E-state index in [4.69, 9.17) is 4.42 Å². The van der Waals surface area contributed by atoms with E-state index in [0.29, 0.717) is 4.91 Å². The van der Waals surface area contributed by atoms with Crippen LogP contribution in [0.25, 0.3) is 6.08 Å². The van der Waals surface area contributed by atoms with Crippen molar-refractivity contribution >= 4 is 40.8 Å². The molecule has 29 heavy (non-hydrogen) atoms. The second-order valence-corrected chi connectivity index (χ2v) is 7.23. The van der Waals surface area contributed by atoms with Crippen LogP contribution < -0.4 is 5.32 Å². The van der Waals surface area contributed by atoms with Crippen LogP contribution in [0.1, 0.15) is 16.1 Å². The fourth-order valence-electron chi connectivity index (χ4n) is 2.63. The van der Waals surface area contributed by atoms with Crippen LogP contribution in [-0.4, -0.2) is 59.4 Å². The van der Waals surface area contributed by atoms with E-state index in [1.54, 1.807) is 12.1 Å². The number of imide groups is 1. The van der Waals surface area contributed by atoms with Gasteiger partial charge >= 0.3 is 0 Å². The lowest BCUT2D eigenvalue weighted by atomic mass is 10.2. The van der Waals surface area contributed by atoms with Crippen LogP contribution in [-0.2, 0) is 9.59 Å². The third-order valence-corrected chi connectivity index (χ3v) is 5.00. The summed E-state index contributed by atoms with van der Waals surface area (Å²) in [4.78, 5) is 51.3. The summed E-state index contributed by atoms with van der Waals surface area (Å²) in [7, 11) is 1.48. The van der Waals surface area contributed by atoms with E-state index in [0.717, 1.165) is 22.2 Å². The van der Waals surface area contributed by atoms with Crippen molar-refractivity contribution in [3.05, 3.63) is 65.0 Å². The minimum Gasteiger partial charge on any atom is -0.459 e. The maximum Gasteiger partial charge on any atom is 0.293 e. The molecule has 8 nitrogen and oxygen atoms in total. The van der Waals surface area contributed by atoms with Gasteiger partial charge in [-0.05, 0) is 35.5 Å². The fraction of sp³-hybridized carbons (Fsp3) is 0.200. The van der Waals surface area contributed by atoms with Crippen molar-refractivity contribution in [1.29, 1.82) is 0 Å². The molecule has 0 unspecified atom stereocenters. The summed E-state index contributed by atoms with van der Waals surface area (Å²) >= 11 is 0.871. The molecule has 3 rings (SSSR count). The molecule has 0 radical (unpaired) electrons. The predicted molar refractivity (Wildman–Crippen MR) is 108 cm³/mol. The number of hydrogen-bond donors (Lipinski definition) is 1. The van der Waals surface area contributed by atoms with Crippen LogP contribution in [0.2, 0.25) is 0 Å². The van der Waals surface area contributed by atoms with Crippen LogP contribution >= 0.6 is 11.8 Å². The second-order valence-electron chi connectivity index (χ2n) is 6.23. The Morgan fingerprint density at radius 2 is 1.93 bits per heavy atom. The molecule has 150 valence electrons. The highest BCUT2D eigenvalue weighted by Gasteiger charge is 2.34. The Labute approximate surface area is 171 Å². The van der Waals surface area contributed by atoms with Gasteiger partial charge in [0.2, 0.25) is 5.91 Å². The topological polar surface area (TPSA) is 99.9 Å². The summed E-state index contributed by atoms with van der Waals surface area (Å²) in [6.45, 7) is -0.0218. The van der Waals surface area contributed by atoms with Crippen LogP contribution in [0.15, 0.2) is 58.1 Å². The number of furan rings is 1. The van der Waals surface area contributed by atoms with Gasteiger partial charge in [-0.15, -0.1) is 0 Å². The Morgan fingerprint density at radius 1 is 1.17 bits per heavy atom. The van der Waals surface area contributed by atoms with E-state index in [2.05, 4.69) is 5.32 Å². The average Bonchev–Trinajstić information content (AvgIpc) is 3.32. The third-order valence-electron chi connectivity index (χ3n) is 4.09. The molecule has 1 N–H and O–H groups in total. The van der Waals surface area contributed by atoms with E-state index >= 15 is 0 Å². The maximum absolute atomic E-state index is 12.4. The Balaban J connectivity index is 1.48. The number of carbonyl (C=O) groups excluding carboxylic acids is 4. The van der Waals surface area contributed by atoms with E-state index in [1.807, 2.05) is 30.3 Å². The number of nitrogens with zero attached hydrogens (tertiary/aromatic N) is 2. The van der Waals surface area contributed by atoms with Gasteiger partial charge in [-0.2, -0.15) is 0 Å². The van der Waals surface area contributed by atoms with E-state index < -0.39 is 11.8 Å². The average molecular weight is 413 g/mol. The number of carbonyl (C=O) groups is 4. The van der Waals surface area contributed by atoms with Crippen molar-refractivity contribution in [2.75, 3.05) is 26.7 Å². The summed E-state index contributed by atoms with van der Waals surface area (Å²) in [5, 5.41) is 2.23. The first-order valence-corrected chi connectivity index (χ1v) is 9.63. The summed E-state index contributed by atoms with van der Waals surface area (Å²) in [5.74, 6) is -1.06. The first kappa shape index (κ1) is 20.4. The number of nitrogens with one attached hydrogen (secondary N) is 1. The molecule has 1 aromatic heterocycles. The van der Waals surface area contributed by atoms with Gasteiger partial charge in [0.15, 0.2) is 5.76 Å². The molecule has 2 heterocycles. The molecule has 1 aromatic carbocycles. The number of hydrogen-bond acceptors (Lipinski definition) is 6. The lowest BCUT2D eigenvalue weighted by molar-refractivity contribution is -0.124. The smallest absolute Gasteiger partial charge is 0.293 e. The molecule has 2 aromatic rings. The summed E-state index contributed by atoms with van der Waals surface area (Å²) < 4.78 is 5.01.